The largest absolute Gasteiger partial charge is 0.504 e. The summed E-state index contributed by atoms with van der Waals surface area (Å²) in [5.41, 5.74) is -1.67. The van der Waals surface area contributed by atoms with Gasteiger partial charge in [0.15, 0.2) is 11.5 Å². The number of carbonyl (C=O) groups excluding carboxylic acids is 2. The van der Waals surface area contributed by atoms with Gasteiger partial charge < -0.3 is 20.1 Å². The Bertz CT molecular complexity index is 1580. The number of fused-ring (bicyclic) bond motifs is 1. The zero-order valence-corrected chi connectivity index (χ0v) is 28.0. The Morgan fingerprint density at radius 3 is 2.15 bits per heavy atom. The van der Waals surface area contributed by atoms with Crippen LogP contribution in [-0.2, 0) is 21.9 Å². The number of phenolic OH excluding ortho intramolecular Hbond substituents is 1. The minimum Gasteiger partial charge on any atom is -0.504 e. The van der Waals surface area contributed by atoms with Crippen LogP contribution in [0.5, 0.6) is 11.5 Å². The van der Waals surface area contributed by atoms with Crippen molar-refractivity contribution in [2.24, 2.45) is 23.7 Å². The lowest BCUT2D eigenvalue weighted by Gasteiger charge is -2.38. The van der Waals surface area contributed by atoms with Gasteiger partial charge in [0.2, 0.25) is 11.8 Å². The standard InChI is InChI=1S/C33H34F6INO6/c1-15(2)21-13-22-28(31(46)41(30(22)45)20-11-18(32(34,35)36)10-19(12-20)33(37,38)39)23(14-42)27(21)25(43)6-5-16(3)7-17-8-24(40)29(44)26(9-17)47-4/h7-12,15,22-23,25,28,42-44H,5-6,13-14H2,1-4H3/b16-7+/t22-,23+,25-,28-/m1/s1. The third kappa shape index (κ3) is 7.48. The SMILES string of the molecule is COc1cc(/C=C(\C)CC[C@@H](O)C2=C(C(C)C)C[C@H]3C(=O)N(c4cc(C(F)(F)F)cc(C(F)(F)F)c4)C(=O)[C@H]3[C@H]2CO)cc(I)c1O. The van der Waals surface area contributed by atoms with E-state index in [9.17, 15) is 51.3 Å². The summed E-state index contributed by atoms with van der Waals surface area (Å²) in [4.78, 5) is 27.7. The summed E-state index contributed by atoms with van der Waals surface area (Å²) < 4.78 is 87.3. The fourth-order valence-corrected chi connectivity index (χ4v) is 7.10. The number of aliphatic hydroxyl groups excluding tert-OH is 2. The Labute approximate surface area is 281 Å². The molecule has 2 amide bonds. The molecule has 2 aliphatic rings. The van der Waals surface area contributed by atoms with Crippen molar-refractivity contribution >= 4 is 46.2 Å². The third-order valence-corrected chi connectivity index (χ3v) is 9.52. The van der Waals surface area contributed by atoms with E-state index in [4.69, 9.17) is 4.74 Å². The molecule has 4 rings (SSSR count). The van der Waals surface area contributed by atoms with Crippen LogP contribution < -0.4 is 9.64 Å². The van der Waals surface area contributed by atoms with Crippen LogP contribution in [0.15, 0.2) is 47.1 Å². The summed E-state index contributed by atoms with van der Waals surface area (Å²) in [6.07, 6.45) is -9.25. The van der Waals surface area contributed by atoms with Gasteiger partial charge in [0.05, 0.1) is 52.0 Å². The van der Waals surface area contributed by atoms with Crippen LogP contribution >= 0.6 is 22.6 Å². The van der Waals surface area contributed by atoms with Gasteiger partial charge in [0.25, 0.3) is 0 Å². The topological polar surface area (TPSA) is 107 Å². The predicted molar refractivity (Wildman–Crippen MR) is 169 cm³/mol. The molecule has 7 nitrogen and oxygen atoms in total. The zero-order chi connectivity index (χ0) is 35.2. The van der Waals surface area contributed by atoms with Gasteiger partial charge >= 0.3 is 12.4 Å². The van der Waals surface area contributed by atoms with Gasteiger partial charge in [-0.05, 0) is 96.2 Å². The molecule has 1 aliphatic heterocycles. The number of anilines is 1. The van der Waals surface area contributed by atoms with Crippen LogP contribution in [0.1, 0.15) is 56.7 Å². The molecule has 2 aromatic rings. The van der Waals surface area contributed by atoms with E-state index in [2.05, 4.69) is 0 Å². The van der Waals surface area contributed by atoms with Crippen molar-refractivity contribution < 1.29 is 56.0 Å². The highest BCUT2D eigenvalue weighted by Crippen LogP contribution is 2.50. The molecule has 1 aliphatic carbocycles. The molecule has 0 bridgehead atoms. The monoisotopic (exact) mass is 781 g/mol. The number of aliphatic hydroxyl groups is 2. The van der Waals surface area contributed by atoms with Crippen LogP contribution in [-0.4, -0.2) is 47.0 Å². The lowest BCUT2D eigenvalue weighted by Crippen LogP contribution is -2.40. The Morgan fingerprint density at radius 2 is 1.64 bits per heavy atom. The Morgan fingerprint density at radius 1 is 1.04 bits per heavy atom. The number of rotatable bonds is 9. The smallest absolute Gasteiger partial charge is 0.416 e. The average molecular weight is 782 g/mol. The molecule has 4 atom stereocenters. The maximum atomic E-state index is 13.7. The van der Waals surface area contributed by atoms with E-state index in [1.807, 2.05) is 35.6 Å². The van der Waals surface area contributed by atoms with E-state index in [1.54, 1.807) is 26.0 Å². The summed E-state index contributed by atoms with van der Waals surface area (Å²) in [7, 11) is 1.43. The van der Waals surface area contributed by atoms with Gasteiger partial charge in [-0.2, -0.15) is 26.3 Å². The van der Waals surface area contributed by atoms with Crippen molar-refractivity contribution in [2.75, 3.05) is 18.6 Å². The van der Waals surface area contributed by atoms with Crippen molar-refractivity contribution in [3.8, 4) is 11.5 Å². The first-order chi connectivity index (χ1) is 21.8. The van der Waals surface area contributed by atoms with E-state index in [0.29, 0.717) is 38.2 Å². The second-order valence-corrected chi connectivity index (χ2v) is 13.3. The molecule has 1 saturated heterocycles. The van der Waals surface area contributed by atoms with Crippen molar-refractivity contribution in [2.45, 2.75) is 58.5 Å². The number of methoxy groups -OCH3 is 1. The highest BCUT2D eigenvalue weighted by molar-refractivity contribution is 14.1. The number of allylic oxidation sites excluding steroid dienone is 2. The number of amides is 2. The summed E-state index contributed by atoms with van der Waals surface area (Å²) in [6, 6.07) is 3.99. The van der Waals surface area contributed by atoms with E-state index >= 15 is 0 Å². The second kappa shape index (κ2) is 13.8. The molecule has 14 heteroatoms. The second-order valence-electron chi connectivity index (χ2n) is 12.1. The number of halogens is 7. The zero-order valence-electron chi connectivity index (χ0n) is 25.8. The first-order valence-electron chi connectivity index (χ1n) is 14.7. The van der Waals surface area contributed by atoms with Crippen LogP contribution in [0.3, 0.4) is 0 Å². The molecular weight excluding hydrogens is 747 g/mol. The quantitative estimate of drug-likeness (QED) is 0.106. The predicted octanol–water partition coefficient (Wildman–Crippen LogP) is 7.36. The minimum absolute atomic E-state index is 0.00415. The minimum atomic E-state index is -5.19. The first-order valence-corrected chi connectivity index (χ1v) is 15.8. The highest BCUT2D eigenvalue weighted by atomic mass is 127. The summed E-state index contributed by atoms with van der Waals surface area (Å²) in [6.45, 7) is 4.73. The van der Waals surface area contributed by atoms with Crippen molar-refractivity contribution in [1.82, 2.24) is 0 Å². The lowest BCUT2D eigenvalue weighted by atomic mass is 9.66. The Hall–Kier alpha value is -3.11. The number of hydrogen-bond donors (Lipinski definition) is 3. The van der Waals surface area contributed by atoms with Gasteiger partial charge in [-0.1, -0.05) is 31.1 Å². The number of benzene rings is 2. The summed E-state index contributed by atoms with van der Waals surface area (Å²) in [5.74, 6) is -5.51. The Kier molecular flexibility index (Phi) is 10.8. The molecule has 47 heavy (non-hydrogen) atoms. The number of alkyl halides is 6. The molecule has 0 saturated carbocycles. The van der Waals surface area contributed by atoms with E-state index in [0.717, 1.165) is 11.1 Å². The molecule has 3 N–H and O–H groups in total. The maximum absolute atomic E-state index is 13.7. The molecule has 1 heterocycles. The van der Waals surface area contributed by atoms with Crippen molar-refractivity contribution in [1.29, 1.82) is 0 Å². The van der Waals surface area contributed by atoms with E-state index < -0.39 is 71.4 Å². The number of imide groups is 1. The molecule has 0 aromatic heterocycles. The summed E-state index contributed by atoms with van der Waals surface area (Å²) in [5, 5.41) is 32.1. The average Bonchev–Trinajstić information content (AvgIpc) is 3.24. The number of ether oxygens (including phenoxy) is 1. The molecule has 1 fully saturated rings. The third-order valence-electron chi connectivity index (χ3n) is 8.70. The highest BCUT2D eigenvalue weighted by Gasteiger charge is 2.56. The summed E-state index contributed by atoms with van der Waals surface area (Å²) >= 11 is 1.97. The number of carbonyl (C=O) groups is 2. The lowest BCUT2D eigenvalue weighted by molar-refractivity contribution is -0.143. The molecule has 0 unspecified atom stereocenters. The van der Waals surface area contributed by atoms with Crippen LogP contribution in [0.4, 0.5) is 32.0 Å². The number of phenols is 1. The fourth-order valence-electron chi connectivity index (χ4n) is 6.48. The number of aromatic hydroxyl groups is 1. The van der Waals surface area contributed by atoms with Crippen LogP contribution in [0.2, 0.25) is 0 Å². The van der Waals surface area contributed by atoms with Crippen molar-refractivity contribution in [3.05, 3.63) is 67.3 Å². The molecule has 256 valence electrons. The normalized spacial score (nSPS) is 21.5. The van der Waals surface area contributed by atoms with E-state index in [1.165, 1.54) is 7.11 Å². The first kappa shape index (κ1) is 36.7. The van der Waals surface area contributed by atoms with Gasteiger partial charge in [-0.3, -0.25) is 9.59 Å². The number of hydrogen-bond acceptors (Lipinski definition) is 6. The van der Waals surface area contributed by atoms with Crippen LogP contribution in [0.25, 0.3) is 6.08 Å². The molecule has 0 radical (unpaired) electrons. The Balaban J connectivity index is 1.66. The molecular formula is C33H34F6INO6. The molecule has 2 aromatic carbocycles. The fraction of sp³-hybridized carbons (Fsp3) is 0.455. The van der Waals surface area contributed by atoms with Gasteiger partial charge in [0.1, 0.15) is 0 Å². The molecule has 0 spiro atoms. The van der Waals surface area contributed by atoms with Crippen LogP contribution in [0, 0.1) is 27.2 Å². The van der Waals surface area contributed by atoms with Gasteiger partial charge in [-0.25, -0.2) is 4.90 Å². The maximum Gasteiger partial charge on any atom is 0.416 e. The van der Waals surface area contributed by atoms with Crippen molar-refractivity contribution in [3.63, 3.8) is 0 Å². The van der Waals surface area contributed by atoms with Gasteiger partial charge in [0, 0.05) is 5.92 Å². The van der Waals surface area contributed by atoms with Gasteiger partial charge in [-0.15, -0.1) is 0 Å². The number of nitrogens with zero attached hydrogens (tertiary/aromatic N) is 1. The van der Waals surface area contributed by atoms with E-state index in [-0.39, 0.29) is 36.3 Å².